The average Bonchev–Trinajstić information content (AvgIpc) is 2.07. The smallest absolute Gasteiger partial charge is 0.0541 e. The lowest BCUT2D eigenvalue weighted by Gasteiger charge is -1.99. The molecular weight excluding hydrogens is 251 g/mol. The van der Waals surface area contributed by atoms with Crippen LogP contribution in [0.2, 0.25) is 0 Å². The van der Waals surface area contributed by atoms with E-state index in [9.17, 15) is 0 Å². The number of nitrogens with one attached hydrogen (secondary N) is 1. The Balaban J connectivity index is 2.28. The Morgan fingerprint density at radius 3 is 3.00 bits per heavy atom. The molecule has 60 valence electrons. The van der Waals surface area contributed by atoms with Crippen LogP contribution in [0.1, 0.15) is 5.69 Å². The van der Waals surface area contributed by atoms with Crippen LogP contribution in [-0.4, -0.2) is 16.0 Å². The Bertz CT molecular complexity index is 189. The molecule has 3 heteroatoms. The van der Waals surface area contributed by atoms with Crippen molar-refractivity contribution < 1.29 is 0 Å². The minimum atomic E-state index is 0.879. The summed E-state index contributed by atoms with van der Waals surface area (Å²) < 4.78 is 1.14. The van der Waals surface area contributed by atoms with Gasteiger partial charge < -0.3 is 5.32 Å². The summed E-state index contributed by atoms with van der Waals surface area (Å²) in [6.45, 7) is 1.93. The molecule has 0 amide bonds. The Morgan fingerprint density at radius 1 is 1.45 bits per heavy atom. The number of alkyl halides is 1. The Hall–Kier alpha value is -0.160. The van der Waals surface area contributed by atoms with Gasteiger partial charge in [-0.25, -0.2) is 0 Å². The van der Waals surface area contributed by atoms with E-state index < -0.39 is 0 Å². The molecule has 0 aliphatic carbocycles. The molecule has 0 aliphatic rings. The van der Waals surface area contributed by atoms with Gasteiger partial charge in [0.1, 0.15) is 0 Å². The molecular formula is C8H11IN2. The summed E-state index contributed by atoms with van der Waals surface area (Å²) in [5, 5.41) is 3.28. The van der Waals surface area contributed by atoms with E-state index in [1.54, 1.807) is 0 Å². The summed E-state index contributed by atoms with van der Waals surface area (Å²) in [5.74, 6) is 0. The van der Waals surface area contributed by atoms with Crippen molar-refractivity contribution in [3.05, 3.63) is 30.1 Å². The van der Waals surface area contributed by atoms with Crippen molar-refractivity contribution in [1.82, 2.24) is 10.3 Å². The van der Waals surface area contributed by atoms with E-state index >= 15 is 0 Å². The molecule has 0 saturated carbocycles. The third-order valence-corrected chi connectivity index (χ3v) is 1.84. The number of halogens is 1. The maximum absolute atomic E-state index is 4.19. The van der Waals surface area contributed by atoms with Gasteiger partial charge in [-0.3, -0.25) is 4.98 Å². The number of rotatable bonds is 4. The van der Waals surface area contributed by atoms with Gasteiger partial charge in [0.15, 0.2) is 0 Å². The lowest BCUT2D eigenvalue weighted by molar-refractivity contribution is 0.719. The molecule has 0 aliphatic heterocycles. The summed E-state index contributed by atoms with van der Waals surface area (Å²) >= 11 is 2.35. The van der Waals surface area contributed by atoms with Gasteiger partial charge >= 0.3 is 0 Å². The molecule has 0 radical (unpaired) electrons. The molecule has 1 aromatic heterocycles. The zero-order valence-electron chi connectivity index (χ0n) is 6.26. The molecule has 0 unspecified atom stereocenters. The molecule has 1 rings (SSSR count). The molecule has 11 heavy (non-hydrogen) atoms. The molecule has 0 spiro atoms. The lowest BCUT2D eigenvalue weighted by atomic mass is 10.3. The molecule has 1 N–H and O–H groups in total. The predicted octanol–water partition coefficient (Wildman–Crippen LogP) is 1.61. The second-order valence-electron chi connectivity index (χ2n) is 2.19. The van der Waals surface area contributed by atoms with Crippen LogP contribution in [-0.2, 0) is 6.54 Å². The maximum Gasteiger partial charge on any atom is 0.0541 e. The maximum atomic E-state index is 4.19. The van der Waals surface area contributed by atoms with E-state index in [-0.39, 0.29) is 0 Å². The van der Waals surface area contributed by atoms with E-state index in [0.717, 1.165) is 23.2 Å². The largest absolute Gasteiger partial charge is 0.310 e. The highest BCUT2D eigenvalue weighted by Gasteiger charge is 1.89. The van der Waals surface area contributed by atoms with Crippen molar-refractivity contribution in [2.24, 2.45) is 0 Å². The van der Waals surface area contributed by atoms with Crippen molar-refractivity contribution in [1.29, 1.82) is 0 Å². The molecule has 0 fully saturated rings. The fraction of sp³-hybridized carbons (Fsp3) is 0.375. The Kier molecular flexibility index (Phi) is 4.45. The van der Waals surface area contributed by atoms with Crippen molar-refractivity contribution in [2.75, 3.05) is 11.0 Å². The highest BCUT2D eigenvalue weighted by atomic mass is 127. The molecule has 0 atom stereocenters. The SMILES string of the molecule is ICCNCc1ccccn1. The lowest BCUT2D eigenvalue weighted by Crippen LogP contribution is -2.16. The fourth-order valence-corrected chi connectivity index (χ4v) is 1.17. The van der Waals surface area contributed by atoms with Gasteiger partial charge in [-0.15, -0.1) is 0 Å². The minimum Gasteiger partial charge on any atom is -0.310 e. The first-order valence-electron chi connectivity index (χ1n) is 3.60. The summed E-state index contributed by atoms with van der Waals surface area (Å²) in [5.41, 5.74) is 1.11. The molecule has 2 nitrogen and oxygen atoms in total. The first-order valence-corrected chi connectivity index (χ1v) is 5.12. The number of hydrogen-bond donors (Lipinski definition) is 1. The third-order valence-electron chi connectivity index (χ3n) is 1.30. The van der Waals surface area contributed by atoms with Crippen molar-refractivity contribution in [2.45, 2.75) is 6.54 Å². The summed E-state index contributed by atoms with van der Waals surface area (Å²) in [4.78, 5) is 4.19. The standard InChI is InChI=1S/C8H11IN2/c9-4-6-10-7-8-3-1-2-5-11-8/h1-3,5,10H,4,6-7H2. The molecule has 1 aromatic rings. The first kappa shape index (κ1) is 8.93. The van der Waals surface area contributed by atoms with Crippen LogP contribution >= 0.6 is 22.6 Å². The molecule has 0 aromatic carbocycles. The van der Waals surface area contributed by atoms with Crippen LogP contribution in [0.15, 0.2) is 24.4 Å². The fourth-order valence-electron chi connectivity index (χ4n) is 0.786. The van der Waals surface area contributed by atoms with Crippen LogP contribution < -0.4 is 5.32 Å². The van der Waals surface area contributed by atoms with Crippen LogP contribution in [0, 0.1) is 0 Å². The zero-order valence-corrected chi connectivity index (χ0v) is 8.41. The second-order valence-corrected chi connectivity index (χ2v) is 3.27. The zero-order chi connectivity index (χ0) is 7.94. The minimum absolute atomic E-state index is 0.879. The van der Waals surface area contributed by atoms with Crippen LogP contribution in [0.5, 0.6) is 0 Å². The predicted molar refractivity (Wildman–Crippen MR) is 54.8 cm³/mol. The number of hydrogen-bond acceptors (Lipinski definition) is 2. The normalized spacial score (nSPS) is 9.91. The Morgan fingerprint density at radius 2 is 2.36 bits per heavy atom. The van der Waals surface area contributed by atoms with Crippen molar-refractivity contribution >= 4 is 22.6 Å². The number of aromatic nitrogens is 1. The van der Waals surface area contributed by atoms with E-state index in [1.165, 1.54) is 0 Å². The Labute approximate surface area is 80.6 Å². The van der Waals surface area contributed by atoms with Crippen LogP contribution in [0.25, 0.3) is 0 Å². The van der Waals surface area contributed by atoms with Gasteiger partial charge in [0, 0.05) is 23.7 Å². The monoisotopic (exact) mass is 262 g/mol. The summed E-state index contributed by atoms with van der Waals surface area (Å²) in [6, 6.07) is 5.97. The third kappa shape index (κ3) is 3.67. The average molecular weight is 262 g/mol. The summed E-state index contributed by atoms with van der Waals surface area (Å²) in [7, 11) is 0. The van der Waals surface area contributed by atoms with E-state index in [1.807, 2.05) is 24.4 Å². The quantitative estimate of drug-likeness (QED) is 0.506. The topological polar surface area (TPSA) is 24.9 Å². The van der Waals surface area contributed by atoms with Crippen LogP contribution in [0.4, 0.5) is 0 Å². The van der Waals surface area contributed by atoms with Crippen molar-refractivity contribution in [3.8, 4) is 0 Å². The van der Waals surface area contributed by atoms with Gasteiger partial charge in [-0.2, -0.15) is 0 Å². The van der Waals surface area contributed by atoms with Gasteiger partial charge in [0.2, 0.25) is 0 Å². The van der Waals surface area contributed by atoms with Gasteiger partial charge in [0.05, 0.1) is 5.69 Å². The summed E-state index contributed by atoms with van der Waals surface area (Å²) in [6.07, 6.45) is 1.82. The van der Waals surface area contributed by atoms with Gasteiger partial charge in [0.25, 0.3) is 0 Å². The van der Waals surface area contributed by atoms with E-state index in [2.05, 4.69) is 32.9 Å². The van der Waals surface area contributed by atoms with Gasteiger partial charge in [-0.1, -0.05) is 28.7 Å². The van der Waals surface area contributed by atoms with E-state index in [4.69, 9.17) is 0 Å². The van der Waals surface area contributed by atoms with Gasteiger partial charge in [-0.05, 0) is 12.1 Å². The molecule has 0 saturated heterocycles. The van der Waals surface area contributed by atoms with Crippen LogP contribution in [0.3, 0.4) is 0 Å². The number of pyridine rings is 1. The highest BCUT2D eigenvalue weighted by Crippen LogP contribution is 1.91. The first-order chi connectivity index (χ1) is 5.43. The second kappa shape index (κ2) is 5.49. The van der Waals surface area contributed by atoms with Crippen molar-refractivity contribution in [3.63, 3.8) is 0 Å². The molecule has 1 heterocycles. The highest BCUT2D eigenvalue weighted by molar-refractivity contribution is 14.1. The van der Waals surface area contributed by atoms with E-state index in [0.29, 0.717) is 0 Å². The number of nitrogens with zero attached hydrogens (tertiary/aromatic N) is 1. The molecule has 0 bridgehead atoms.